The molecule has 0 unspecified atom stereocenters. The number of ketones is 1. The molecule has 0 saturated heterocycles. The summed E-state index contributed by atoms with van der Waals surface area (Å²) in [5.74, 6) is 0.155. The van der Waals surface area contributed by atoms with E-state index in [2.05, 4.69) is 6.58 Å². The van der Waals surface area contributed by atoms with E-state index >= 15 is 0 Å². The van der Waals surface area contributed by atoms with Crippen molar-refractivity contribution >= 4 is 5.78 Å². The van der Waals surface area contributed by atoms with Crippen molar-refractivity contribution in [2.45, 2.75) is 0 Å². The Bertz CT molecular complexity index is 413. The number of likely N-dealkylation sites (N-methyl/N-ethyl adjacent to an activating group) is 1. The summed E-state index contributed by atoms with van der Waals surface area (Å²) in [6.45, 7) is 4.06. The average Bonchev–Trinajstić information content (AvgIpc) is 2.25. The van der Waals surface area contributed by atoms with Gasteiger partial charge in [0.25, 0.3) is 0 Å². The zero-order valence-corrected chi connectivity index (χ0v) is 10.1. The van der Waals surface area contributed by atoms with E-state index in [-0.39, 0.29) is 23.6 Å². The molecule has 0 aliphatic heterocycles. The number of rotatable bonds is 6. The van der Waals surface area contributed by atoms with Gasteiger partial charge in [-0.05, 0) is 26.2 Å². The SMILES string of the molecule is C=CCOc1cccc(O)c1C(=O)CN(C)C. The molecule has 0 atom stereocenters. The molecule has 0 radical (unpaired) electrons. The highest BCUT2D eigenvalue weighted by atomic mass is 16.5. The Hall–Kier alpha value is -1.81. The topological polar surface area (TPSA) is 49.8 Å². The Kier molecular flexibility index (Phi) is 4.72. The minimum Gasteiger partial charge on any atom is -0.507 e. The second kappa shape index (κ2) is 6.06. The van der Waals surface area contributed by atoms with Crippen LogP contribution in [0.3, 0.4) is 0 Å². The van der Waals surface area contributed by atoms with Crippen LogP contribution in [0.25, 0.3) is 0 Å². The summed E-state index contributed by atoms with van der Waals surface area (Å²) in [6.07, 6.45) is 1.59. The first-order valence-corrected chi connectivity index (χ1v) is 5.30. The van der Waals surface area contributed by atoms with Crippen LogP contribution in [0.15, 0.2) is 30.9 Å². The molecule has 0 aromatic heterocycles. The van der Waals surface area contributed by atoms with Gasteiger partial charge in [0, 0.05) is 0 Å². The third kappa shape index (κ3) is 3.60. The quantitative estimate of drug-likeness (QED) is 0.602. The molecule has 4 heteroatoms. The molecular formula is C13H17NO3. The Labute approximate surface area is 101 Å². The molecule has 1 N–H and O–H groups in total. The van der Waals surface area contributed by atoms with Gasteiger partial charge >= 0.3 is 0 Å². The molecule has 0 aliphatic rings. The van der Waals surface area contributed by atoms with Crippen molar-refractivity contribution < 1.29 is 14.6 Å². The van der Waals surface area contributed by atoms with Crippen molar-refractivity contribution in [2.24, 2.45) is 0 Å². The van der Waals surface area contributed by atoms with E-state index in [1.807, 2.05) is 0 Å². The third-order valence-corrected chi connectivity index (χ3v) is 2.10. The molecular weight excluding hydrogens is 218 g/mol. The van der Waals surface area contributed by atoms with Gasteiger partial charge in [-0.15, -0.1) is 0 Å². The molecule has 1 aromatic rings. The highest BCUT2D eigenvalue weighted by molar-refractivity contribution is 6.02. The van der Waals surface area contributed by atoms with Crippen molar-refractivity contribution in [3.05, 3.63) is 36.4 Å². The highest BCUT2D eigenvalue weighted by Gasteiger charge is 2.17. The van der Waals surface area contributed by atoms with Crippen molar-refractivity contribution in [3.8, 4) is 11.5 Å². The van der Waals surface area contributed by atoms with Gasteiger partial charge < -0.3 is 14.7 Å². The number of carbonyl (C=O) groups excluding carboxylic acids is 1. The standard InChI is InChI=1S/C13H17NO3/c1-4-8-17-12-7-5-6-10(15)13(12)11(16)9-14(2)3/h4-7,15H,1,8-9H2,2-3H3. The van der Waals surface area contributed by atoms with Crippen LogP contribution in [-0.4, -0.2) is 43.0 Å². The number of nitrogens with zero attached hydrogens (tertiary/aromatic N) is 1. The molecule has 4 nitrogen and oxygen atoms in total. The summed E-state index contributed by atoms with van der Waals surface area (Å²) in [5, 5.41) is 9.73. The molecule has 0 amide bonds. The Morgan fingerprint density at radius 3 is 2.82 bits per heavy atom. The molecule has 0 saturated carbocycles. The van der Waals surface area contributed by atoms with Crippen LogP contribution in [-0.2, 0) is 0 Å². The fourth-order valence-electron chi connectivity index (χ4n) is 1.44. The number of phenolic OH excluding ortho intramolecular Hbond substituents is 1. The fraction of sp³-hybridized carbons (Fsp3) is 0.308. The lowest BCUT2D eigenvalue weighted by atomic mass is 10.1. The van der Waals surface area contributed by atoms with Crippen LogP contribution in [0.4, 0.5) is 0 Å². The molecule has 0 spiro atoms. The summed E-state index contributed by atoms with van der Waals surface area (Å²) in [6, 6.07) is 4.77. The Morgan fingerprint density at radius 1 is 1.53 bits per heavy atom. The zero-order valence-electron chi connectivity index (χ0n) is 10.1. The van der Waals surface area contributed by atoms with E-state index in [4.69, 9.17) is 4.74 Å². The van der Waals surface area contributed by atoms with E-state index in [0.717, 1.165) is 0 Å². The highest BCUT2D eigenvalue weighted by Crippen LogP contribution is 2.28. The second-order valence-corrected chi connectivity index (χ2v) is 3.91. The van der Waals surface area contributed by atoms with E-state index in [0.29, 0.717) is 12.4 Å². The lowest BCUT2D eigenvalue weighted by Gasteiger charge is -2.13. The van der Waals surface area contributed by atoms with Crippen molar-refractivity contribution in [1.82, 2.24) is 4.90 Å². The van der Waals surface area contributed by atoms with Crippen LogP contribution in [0, 0.1) is 0 Å². The molecule has 1 aromatic carbocycles. The van der Waals surface area contributed by atoms with Crippen molar-refractivity contribution in [2.75, 3.05) is 27.2 Å². The minimum atomic E-state index is -0.174. The summed E-state index contributed by atoms with van der Waals surface area (Å²) < 4.78 is 5.35. The maximum atomic E-state index is 12.0. The number of benzene rings is 1. The normalized spacial score (nSPS) is 10.3. The van der Waals surface area contributed by atoms with Crippen LogP contribution in [0.1, 0.15) is 10.4 Å². The maximum Gasteiger partial charge on any atom is 0.184 e. The van der Waals surface area contributed by atoms with Gasteiger partial charge in [0.2, 0.25) is 0 Å². The van der Waals surface area contributed by atoms with Crippen molar-refractivity contribution in [1.29, 1.82) is 0 Å². The lowest BCUT2D eigenvalue weighted by molar-refractivity contribution is 0.0951. The fourth-order valence-corrected chi connectivity index (χ4v) is 1.44. The van der Waals surface area contributed by atoms with Gasteiger partial charge in [0.05, 0.1) is 6.54 Å². The molecule has 0 heterocycles. The van der Waals surface area contributed by atoms with Crippen LogP contribution in [0.2, 0.25) is 0 Å². The average molecular weight is 235 g/mol. The van der Waals surface area contributed by atoms with Gasteiger partial charge in [0.1, 0.15) is 23.7 Å². The van der Waals surface area contributed by atoms with Gasteiger partial charge in [-0.1, -0.05) is 18.7 Å². The maximum absolute atomic E-state index is 12.0. The molecule has 1 rings (SSSR count). The number of aromatic hydroxyl groups is 1. The van der Waals surface area contributed by atoms with Gasteiger partial charge in [0.15, 0.2) is 5.78 Å². The first-order chi connectivity index (χ1) is 8.06. The van der Waals surface area contributed by atoms with E-state index < -0.39 is 0 Å². The largest absolute Gasteiger partial charge is 0.507 e. The third-order valence-electron chi connectivity index (χ3n) is 2.10. The number of hydrogen-bond donors (Lipinski definition) is 1. The van der Waals surface area contributed by atoms with Gasteiger partial charge in [-0.25, -0.2) is 0 Å². The molecule has 0 fully saturated rings. The first-order valence-electron chi connectivity index (χ1n) is 5.30. The zero-order chi connectivity index (χ0) is 12.8. The first kappa shape index (κ1) is 13.3. The smallest absolute Gasteiger partial charge is 0.184 e. The summed E-state index contributed by atoms with van der Waals surface area (Å²) in [5.41, 5.74) is 0.225. The predicted octanol–water partition coefficient (Wildman–Crippen LogP) is 1.70. The van der Waals surface area contributed by atoms with Crippen molar-refractivity contribution in [3.63, 3.8) is 0 Å². The monoisotopic (exact) mass is 235 g/mol. The number of Topliss-reactive ketones (excluding diaryl/α,β-unsaturated/α-hetero) is 1. The molecule has 0 aliphatic carbocycles. The van der Waals surface area contributed by atoms with E-state index in [1.165, 1.54) is 6.07 Å². The van der Waals surface area contributed by atoms with E-state index in [1.54, 1.807) is 37.2 Å². The Balaban J connectivity index is 3.02. The summed E-state index contributed by atoms with van der Waals surface area (Å²) in [7, 11) is 3.59. The van der Waals surface area contributed by atoms with Gasteiger partial charge in [-0.3, -0.25) is 4.79 Å². The van der Waals surface area contributed by atoms with Gasteiger partial charge in [-0.2, -0.15) is 0 Å². The number of carbonyl (C=O) groups is 1. The Morgan fingerprint density at radius 2 is 2.24 bits per heavy atom. The minimum absolute atomic E-state index is 0.0570. The molecule has 17 heavy (non-hydrogen) atoms. The van der Waals surface area contributed by atoms with Crippen LogP contribution >= 0.6 is 0 Å². The van der Waals surface area contributed by atoms with Crippen LogP contribution in [0.5, 0.6) is 11.5 Å². The second-order valence-electron chi connectivity index (χ2n) is 3.91. The lowest BCUT2D eigenvalue weighted by Crippen LogP contribution is -2.22. The number of ether oxygens (including phenoxy) is 1. The van der Waals surface area contributed by atoms with Crippen LogP contribution < -0.4 is 4.74 Å². The number of phenols is 1. The molecule has 0 bridgehead atoms. The predicted molar refractivity (Wildman–Crippen MR) is 66.7 cm³/mol. The molecule has 92 valence electrons. The number of hydrogen-bond acceptors (Lipinski definition) is 4. The summed E-state index contributed by atoms with van der Waals surface area (Å²) >= 11 is 0. The summed E-state index contributed by atoms with van der Waals surface area (Å²) in [4.78, 5) is 13.7. The van der Waals surface area contributed by atoms with E-state index in [9.17, 15) is 9.90 Å².